The molecule has 10 heteroatoms. The first-order valence-corrected chi connectivity index (χ1v) is 14.0. The molecule has 0 spiro atoms. The summed E-state index contributed by atoms with van der Waals surface area (Å²) in [5.41, 5.74) is 2.36. The Labute approximate surface area is 218 Å². The van der Waals surface area contributed by atoms with Gasteiger partial charge in [0.25, 0.3) is 0 Å². The third kappa shape index (κ3) is 7.59. The standard InChI is InChI=1S/C25H33Cl2N3O4S/c1-6-7-14-28-25(32)19(4)29(15-20-21(26)12-9-13-22(20)27)23(31)16-30(35(5,33)34)24-17(2)10-8-11-18(24)3/h8-13,19H,6-7,14-16H2,1-5H3,(H,28,32)/t19-/m1/s1. The zero-order chi connectivity index (χ0) is 26.3. The van der Waals surface area contributed by atoms with E-state index in [0.29, 0.717) is 39.0 Å². The lowest BCUT2D eigenvalue weighted by Crippen LogP contribution is -2.51. The van der Waals surface area contributed by atoms with Crippen molar-refractivity contribution in [1.82, 2.24) is 10.2 Å². The summed E-state index contributed by atoms with van der Waals surface area (Å²) < 4.78 is 26.6. The minimum atomic E-state index is -3.81. The Kier molecular flexibility index (Phi) is 10.4. The highest BCUT2D eigenvalue weighted by atomic mass is 35.5. The number of anilines is 1. The van der Waals surface area contributed by atoms with Crippen molar-refractivity contribution in [3.8, 4) is 0 Å². The van der Waals surface area contributed by atoms with Crippen molar-refractivity contribution in [2.75, 3.05) is 23.7 Å². The largest absolute Gasteiger partial charge is 0.354 e. The number of nitrogens with one attached hydrogen (secondary N) is 1. The maximum atomic E-state index is 13.7. The number of benzene rings is 2. The first kappa shape index (κ1) is 28.9. The Morgan fingerprint density at radius 3 is 2.09 bits per heavy atom. The number of sulfonamides is 1. The number of rotatable bonds is 11. The lowest BCUT2D eigenvalue weighted by molar-refractivity contribution is -0.139. The van der Waals surface area contributed by atoms with Gasteiger partial charge in [-0.15, -0.1) is 0 Å². The van der Waals surface area contributed by atoms with Crippen molar-refractivity contribution in [2.24, 2.45) is 0 Å². The van der Waals surface area contributed by atoms with Gasteiger partial charge < -0.3 is 10.2 Å². The molecular formula is C25H33Cl2N3O4S. The third-order valence-corrected chi connectivity index (χ3v) is 7.58. The van der Waals surface area contributed by atoms with E-state index >= 15 is 0 Å². The monoisotopic (exact) mass is 541 g/mol. The van der Waals surface area contributed by atoms with Crippen LogP contribution in [0.15, 0.2) is 36.4 Å². The van der Waals surface area contributed by atoms with Crippen LogP contribution in [0.5, 0.6) is 0 Å². The van der Waals surface area contributed by atoms with Crippen molar-refractivity contribution in [2.45, 2.75) is 53.1 Å². The molecule has 1 atom stereocenters. The summed E-state index contributed by atoms with van der Waals surface area (Å²) in [5.74, 6) is -0.889. The van der Waals surface area contributed by atoms with Crippen molar-refractivity contribution in [1.29, 1.82) is 0 Å². The van der Waals surface area contributed by atoms with Gasteiger partial charge in [0.15, 0.2) is 0 Å². The Balaban J connectivity index is 2.47. The number of unbranched alkanes of at least 4 members (excludes halogenated alkanes) is 1. The molecule has 2 rings (SSSR count). The van der Waals surface area contributed by atoms with Gasteiger partial charge in [0.05, 0.1) is 11.9 Å². The van der Waals surface area contributed by atoms with E-state index in [4.69, 9.17) is 23.2 Å². The maximum absolute atomic E-state index is 13.7. The number of aryl methyl sites for hydroxylation is 2. The van der Waals surface area contributed by atoms with E-state index in [1.807, 2.05) is 13.0 Å². The number of nitrogens with zero attached hydrogens (tertiary/aromatic N) is 2. The lowest BCUT2D eigenvalue weighted by atomic mass is 10.1. The van der Waals surface area contributed by atoms with Crippen molar-refractivity contribution < 1.29 is 18.0 Å². The maximum Gasteiger partial charge on any atom is 0.244 e. The van der Waals surface area contributed by atoms with Crippen molar-refractivity contribution in [3.63, 3.8) is 0 Å². The molecular weight excluding hydrogens is 509 g/mol. The first-order chi connectivity index (χ1) is 16.4. The van der Waals surface area contributed by atoms with Crippen LogP contribution < -0.4 is 9.62 Å². The zero-order valence-electron chi connectivity index (χ0n) is 20.8. The molecule has 0 aliphatic carbocycles. The van der Waals surface area contributed by atoms with Gasteiger partial charge in [0.2, 0.25) is 21.8 Å². The number of carbonyl (C=O) groups is 2. The molecule has 0 saturated heterocycles. The van der Waals surface area contributed by atoms with Crippen LogP contribution in [-0.2, 0) is 26.2 Å². The van der Waals surface area contributed by atoms with Gasteiger partial charge in [-0.3, -0.25) is 13.9 Å². The SMILES string of the molecule is CCCCNC(=O)[C@@H](C)N(Cc1c(Cl)cccc1Cl)C(=O)CN(c1c(C)cccc1C)S(C)(=O)=O. The van der Waals surface area contributed by atoms with Crippen LogP contribution in [0, 0.1) is 13.8 Å². The molecule has 7 nitrogen and oxygen atoms in total. The predicted octanol–water partition coefficient (Wildman–Crippen LogP) is 4.71. The second-order valence-corrected chi connectivity index (χ2v) is 11.3. The fourth-order valence-electron chi connectivity index (χ4n) is 3.75. The normalized spacial score (nSPS) is 12.2. The Bertz CT molecular complexity index is 1130. The number of hydrogen-bond donors (Lipinski definition) is 1. The Morgan fingerprint density at radius 2 is 1.57 bits per heavy atom. The second kappa shape index (κ2) is 12.6. The smallest absolute Gasteiger partial charge is 0.244 e. The molecule has 35 heavy (non-hydrogen) atoms. The summed E-state index contributed by atoms with van der Waals surface area (Å²) in [5, 5.41) is 3.54. The minimum absolute atomic E-state index is 0.0515. The quantitative estimate of drug-likeness (QED) is 0.417. The number of para-hydroxylation sites is 1. The summed E-state index contributed by atoms with van der Waals surface area (Å²) in [6, 6.07) is 9.50. The molecule has 0 saturated carbocycles. The van der Waals surface area contributed by atoms with E-state index in [0.717, 1.165) is 23.4 Å². The summed E-state index contributed by atoms with van der Waals surface area (Å²) in [6.07, 6.45) is 2.77. The van der Waals surface area contributed by atoms with Crippen LogP contribution in [0.3, 0.4) is 0 Å². The molecule has 1 N–H and O–H groups in total. The van der Waals surface area contributed by atoms with E-state index in [-0.39, 0.29) is 12.5 Å². The van der Waals surface area contributed by atoms with Crippen molar-refractivity contribution in [3.05, 3.63) is 63.1 Å². The molecule has 2 aromatic carbocycles. The topological polar surface area (TPSA) is 86.8 Å². The second-order valence-electron chi connectivity index (χ2n) is 8.55. The van der Waals surface area contributed by atoms with Crippen LogP contribution in [0.2, 0.25) is 10.0 Å². The third-order valence-electron chi connectivity index (χ3n) is 5.76. The van der Waals surface area contributed by atoms with Gasteiger partial charge in [-0.2, -0.15) is 0 Å². The average molecular weight is 543 g/mol. The summed E-state index contributed by atoms with van der Waals surface area (Å²) in [4.78, 5) is 27.9. The zero-order valence-corrected chi connectivity index (χ0v) is 23.1. The molecule has 0 fully saturated rings. The molecule has 0 aliphatic heterocycles. The highest BCUT2D eigenvalue weighted by molar-refractivity contribution is 7.92. The average Bonchev–Trinajstić information content (AvgIpc) is 2.77. The van der Waals surface area contributed by atoms with Crippen molar-refractivity contribution >= 4 is 50.7 Å². The summed E-state index contributed by atoms with van der Waals surface area (Å²) >= 11 is 12.7. The highest BCUT2D eigenvalue weighted by Gasteiger charge is 2.31. The predicted molar refractivity (Wildman–Crippen MR) is 142 cm³/mol. The Morgan fingerprint density at radius 1 is 1.03 bits per heavy atom. The number of halogens is 2. The van der Waals surface area contributed by atoms with Gasteiger partial charge in [0, 0.05) is 28.7 Å². The number of carbonyl (C=O) groups excluding carboxylic acids is 2. The van der Waals surface area contributed by atoms with Crippen LogP contribution >= 0.6 is 23.2 Å². The minimum Gasteiger partial charge on any atom is -0.354 e. The molecule has 0 unspecified atom stereocenters. The van der Waals surface area contributed by atoms with Crippen LogP contribution in [-0.4, -0.2) is 50.5 Å². The molecule has 0 radical (unpaired) electrons. The Hall–Kier alpha value is -2.29. The lowest BCUT2D eigenvalue weighted by Gasteiger charge is -2.32. The number of amides is 2. The van der Waals surface area contributed by atoms with Crippen LogP contribution in [0.1, 0.15) is 43.4 Å². The van der Waals surface area contributed by atoms with E-state index in [2.05, 4.69) is 5.32 Å². The summed E-state index contributed by atoms with van der Waals surface area (Å²) in [7, 11) is -3.81. The fraction of sp³-hybridized carbons (Fsp3) is 0.440. The van der Waals surface area contributed by atoms with Gasteiger partial charge >= 0.3 is 0 Å². The first-order valence-electron chi connectivity index (χ1n) is 11.4. The van der Waals surface area contributed by atoms with E-state index < -0.39 is 28.5 Å². The van der Waals surface area contributed by atoms with Crippen LogP contribution in [0.4, 0.5) is 5.69 Å². The van der Waals surface area contributed by atoms with Gasteiger partial charge in [-0.25, -0.2) is 8.42 Å². The van der Waals surface area contributed by atoms with E-state index in [1.165, 1.54) is 4.90 Å². The fourth-order valence-corrected chi connectivity index (χ4v) is 5.23. The van der Waals surface area contributed by atoms with E-state index in [9.17, 15) is 18.0 Å². The highest BCUT2D eigenvalue weighted by Crippen LogP contribution is 2.29. The molecule has 0 aromatic heterocycles. The van der Waals surface area contributed by atoms with Gasteiger partial charge in [-0.05, 0) is 50.5 Å². The molecule has 0 heterocycles. The van der Waals surface area contributed by atoms with E-state index in [1.54, 1.807) is 51.1 Å². The molecule has 2 aromatic rings. The number of hydrogen-bond acceptors (Lipinski definition) is 4. The molecule has 192 valence electrons. The molecule has 2 amide bonds. The molecule has 0 aliphatic rings. The molecule has 0 bridgehead atoms. The summed E-state index contributed by atoms with van der Waals surface area (Å²) in [6.45, 7) is 7.15. The van der Waals surface area contributed by atoms with Crippen LogP contribution in [0.25, 0.3) is 0 Å². The van der Waals surface area contributed by atoms with Gasteiger partial charge in [-0.1, -0.05) is 60.8 Å². The van der Waals surface area contributed by atoms with Gasteiger partial charge in [0.1, 0.15) is 12.6 Å².